The van der Waals surface area contributed by atoms with E-state index < -0.39 is 0 Å². The fourth-order valence-corrected chi connectivity index (χ4v) is 3.05. The standard InChI is InChI=1S/C19H25N3O2/c1-16(18-8-5-13-24-18)20-19(23)15-22-11-9-21(10-12-22)14-17-6-3-2-4-7-17/h2-8,13,16H,9-12,14-15H2,1H3,(H,20,23). The summed E-state index contributed by atoms with van der Waals surface area (Å²) in [7, 11) is 0. The van der Waals surface area contributed by atoms with Crippen LogP contribution in [0.25, 0.3) is 0 Å². The molecule has 1 fully saturated rings. The molecule has 0 aliphatic carbocycles. The third-order valence-corrected chi connectivity index (χ3v) is 4.43. The van der Waals surface area contributed by atoms with Crippen LogP contribution in [0.4, 0.5) is 0 Å². The van der Waals surface area contributed by atoms with E-state index in [-0.39, 0.29) is 11.9 Å². The first-order valence-electron chi connectivity index (χ1n) is 8.52. The molecule has 5 heteroatoms. The molecule has 1 aliphatic rings. The Morgan fingerprint density at radius 1 is 1.08 bits per heavy atom. The van der Waals surface area contributed by atoms with Gasteiger partial charge < -0.3 is 9.73 Å². The maximum Gasteiger partial charge on any atom is 0.234 e. The van der Waals surface area contributed by atoms with E-state index >= 15 is 0 Å². The molecular weight excluding hydrogens is 302 g/mol. The van der Waals surface area contributed by atoms with Crippen molar-refractivity contribution in [2.75, 3.05) is 32.7 Å². The lowest BCUT2D eigenvalue weighted by Gasteiger charge is -2.34. The molecule has 2 heterocycles. The minimum absolute atomic E-state index is 0.0513. The van der Waals surface area contributed by atoms with Gasteiger partial charge in [-0.05, 0) is 24.6 Å². The van der Waals surface area contributed by atoms with Crippen LogP contribution in [0, 0.1) is 0 Å². The maximum absolute atomic E-state index is 12.2. The first-order valence-corrected chi connectivity index (χ1v) is 8.52. The predicted molar refractivity (Wildman–Crippen MR) is 93.4 cm³/mol. The van der Waals surface area contributed by atoms with E-state index in [4.69, 9.17) is 4.42 Å². The van der Waals surface area contributed by atoms with Gasteiger partial charge >= 0.3 is 0 Å². The van der Waals surface area contributed by atoms with E-state index in [1.165, 1.54) is 5.56 Å². The average Bonchev–Trinajstić information content (AvgIpc) is 3.12. The van der Waals surface area contributed by atoms with Gasteiger partial charge in [0.25, 0.3) is 0 Å². The van der Waals surface area contributed by atoms with Crippen LogP contribution in [0.3, 0.4) is 0 Å². The van der Waals surface area contributed by atoms with Gasteiger partial charge in [-0.2, -0.15) is 0 Å². The van der Waals surface area contributed by atoms with Gasteiger partial charge in [0.2, 0.25) is 5.91 Å². The molecule has 1 atom stereocenters. The van der Waals surface area contributed by atoms with Crippen molar-refractivity contribution < 1.29 is 9.21 Å². The zero-order chi connectivity index (χ0) is 16.8. The number of amides is 1. The Morgan fingerprint density at radius 2 is 1.79 bits per heavy atom. The Labute approximate surface area is 143 Å². The number of hydrogen-bond acceptors (Lipinski definition) is 4. The quantitative estimate of drug-likeness (QED) is 0.884. The highest BCUT2D eigenvalue weighted by Crippen LogP contribution is 2.12. The van der Waals surface area contributed by atoms with Gasteiger partial charge in [-0.25, -0.2) is 0 Å². The van der Waals surface area contributed by atoms with Crippen LogP contribution in [0.1, 0.15) is 24.3 Å². The third-order valence-electron chi connectivity index (χ3n) is 4.43. The molecule has 1 aromatic carbocycles. The van der Waals surface area contributed by atoms with Crippen LogP contribution in [0.15, 0.2) is 53.1 Å². The molecule has 24 heavy (non-hydrogen) atoms. The second kappa shape index (κ2) is 8.13. The molecule has 5 nitrogen and oxygen atoms in total. The number of rotatable bonds is 6. The van der Waals surface area contributed by atoms with E-state index in [2.05, 4.69) is 39.4 Å². The summed E-state index contributed by atoms with van der Waals surface area (Å²) in [6.07, 6.45) is 1.63. The number of benzene rings is 1. The van der Waals surface area contributed by atoms with Crippen LogP contribution in [-0.4, -0.2) is 48.4 Å². The lowest BCUT2D eigenvalue weighted by atomic mass is 10.2. The van der Waals surface area contributed by atoms with Crippen molar-refractivity contribution in [1.29, 1.82) is 0 Å². The van der Waals surface area contributed by atoms with Gasteiger partial charge in [0, 0.05) is 32.7 Å². The highest BCUT2D eigenvalue weighted by atomic mass is 16.3. The molecule has 0 radical (unpaired) electrons. The summed E-state index contributed by atoms with van der Waals surface area (Å²) in [4.78, 5) is 16.8. The highest BCUT2D eigenvalue weighted by Gasteiger charge is 2.20. The minimum atomic E-state index is -0.0909. The first-order chi connectivity index (χ1) is 11.7. The molecule has 1 N–H and O–H groups in total. The number of hydrogen-bond donors (Lipinski definition) is 1. The smallest absolute Gasteiger partial charge is 0.234 e. The van der Waals surface area contributed by atoms with Crippen molar-refractivity contribution in [3.05, 3.63) is 60.1 Å². The molecule has 128 valence electrons. The number of furan rings is 1. The molecule has 0 spiro atoms. The highest BCUT2D eigenvalue weighted by molar-refractivity contribution is 5.78. The molecule has 1 amide bonds. The second-order valence-corrected chi connectivity index (χ2v) is 6.34. The van der Waals surface area contributed by atoms with E-state index in [0.717, 1.165) is 38.5 Å². The largest absolute Gasteiger partial charge is 0.467 e. The third kappa shape index (κ3) is 4.69. The molecule has 1 aromatic heterocycles. The first kappa shape index (κ1) is 16.7. The minimum Gasteiger partial charge on any atom is -0.467 e. The van der Waals surface area contributed by atoms with E-state index in [0.29, 0.717) is 6.54 Å². The molecule has 3 rings (SSSR count). The van der Waals surface area contributed by atoms with Gasteiger partial charge in [0.15, 0.2) is 0 Å². The predicted octanol–water partition coefficient (Wildman–Crippen LogP) is 2.27. The van der Waals surface area contributed by atoms with Crippen LogP contribution in [0.2, 0.25) is 0 Å². The van der Waals surface area contributed by atoms with Gasteiger partial charge in [-0.15, -0.1) is 0 Å². The summed E-state index contributed by atoms with van der Waals surface area (Å²) < 4.78 is 5.32. The summed E-state index contributed by atoms with van der Waals surface area (Å²) in [5.74, 6) is 0.839. The normalized spacial score (nSPS) is 17.5. The number of nitrogens with zero attached hydrogens (tertiary/aromatic N) is 2. The zero-order valence-corrected chi connectivity index (χ0v) is 14.1. The number of nitrogens with one attached hydrogen (secondary N) is 1. The second-order valence-electron chi connectivity index (χ2n) is 6.34. The fraction of sp³-hybridized carbons (Fsp3) is 0.421. The molecule has 2 aromatic rings. The Hall–Kier alpha value is -2.11. The van der Waals surface area contributed by atoms with Gasteiger partial charge in [-0.3, -0.25) is 14.6 Å². The Kier molecular flexibility index (Phi) is 5.67. The van der Waals surface area contributed by atoms with Crippen molar-refractivity contribution in [3.63, 3.8) is 0 Å². The SMILES string of the molecule is CC(NC(=O)CN1CCN(Cc2ccccc2)CC1)c1ccco1. The molecule has 1 saturated heterocycles. The summed E-state index contributed by atoms with van der Waals surface area (Å²) in [6.45, 7) is 7.21. The number of carbonyl (C=O) groups excluding carboxylic acids is 1. The van der Waals surface area contributed by atoms with Gasteiger partial charge in [0.1, 0.15) is 5.76 Å². The molecule has 0 bridgehead atoms. The maximum atomic E-state index is 12.2. The van der Waals surface area contributed by atoms with Crippen LogP contribution in [0.5, 0.6) is 0 Å². The van der Waals surface area contributed by atoms with Crippen molar-refractivity contribution in [1.82, 2.24) is 15.1 Å². The van der Waals surface area contributed by atoms with E-state index in [9.17, 15) is 4.79 Å². The summed E-state index contributed by atoms with van der Waals surface area (Å²) in [5.41, 5.74) is 1.34. The monoisotopic (exact) mass is 327 g/mol. The van der Waals surface area contributed by atoms with Crippen LogP contribution >= 0.6 is 0 Å². The van der Waals surface area contributed by atoms with E-state index in [1.54, 1.807) is 6.26 Å². The van der Waals surface area contributed by atoms with Crippen molar-refractivity contribution >= 4 is 5.91 Å². The van der Waals surface area contributed by atoms with E-state index in [1.807, 2.05) is 25.1 Å². The zero-order valence-electron chi connectivity index (χ0n) is 14.1. The lowest BCUT2D eigenvalue weighted by Crippen LogP contribution is -2.49. The molecule has 1 unspecified atom stereocenters. The van der Waals surface area contributed by atoms with Crippen molar-refractivity contribution in [3.8, 4) is 0 Å². The Morgan fingerprint density at radius 3 is 2.46 bits per heavy atom. The Balaban J connectivity index is 1.39. The molecular formula is C19H25N3O2. The lowest BCUT2D eigenvalue weighted by molar-refractivity contribution is -0.123. The summed E-state index contributed by atoms with van der Waals surface area (Å²) in [5, 5.41) is 2.99. The Bertz CT molecular complexity index is 619. The van der Waals surface area contributed by atoms with Crippen LogP contribution < -0.4 is 5.32 Å². The topological polar surface area (TPSA) is 48.7 Å². The molecule has 1 aliphatic heterocycles. The number of carbonyl (C=O) groups is 1. The number of piperazine rings is 1. The van der Waals surface area contributed by atoms with Crippen molar-refractivity contribution in [2.45, 2.75) is 19.5 Å². The van der Waals surface area contributed by atoms with Gasteiger partial charge in [-0.1, -0.05) is 30.3 Å². The van der Waals surface area contributed by atoms with Gasteiger partial charge in [0.05, 0.1) is 18.8 Å². The average molecular weight is 327 g/mol. The van der Waals surface area contributed by atoms with Crippen molar-refractivity contribution in [2.24, 2.45) is 0 Å². The fourth-order valence-electron chi connectivity index (χ4n) is 3.05. The summed E-state index contributed by atoms with van der Waals surface area (Å²) in [6, 6.07) is 14.2. The van der Waals surface area contributed by atoms with Crippen LogP contribution in [-0.2, 0) is 11.3 Å². The molecule has 0 saturated carbocycles. The summed E-state index contributed by atoms with van der Waals surface area (Å²) >= 11 is 0.